The molecule has 0 bridgehead atoms. The number of hydrogen-bond donors (Lipinski definition) is 2. The first-order valence-corrected chi connectivity index (χ1v) is 7.90. The van der Waals surface area contributed by atoms with E-state index < -0.39 is 5.91 Å². The van der Waals surface area contributed by atoms with Crippen LogP contribution < -0.4 is 10.6 Å². The van der Waals surface area contributed by atoms with Crippen LogP contribution >= 0.6 is 11.6 Å². The van der Waals surface area contributed by atoms with Gasteiger partial charge in [0.1, 0.15) is 5.69 Å². The van der Waals surface area contributed by atoms with E-state index in [2.05, 4.69) is 15.5 Å². The van der Waals surface area contributed by atoms with Crippen molar-refractivity contribution in [3.05, 3.63) is 41.1 Å². The van der Waals surface area contributed by atoms with Gasteiger partial charge in [0.15, 0.2) is 11.0 Å². The molecule has 2 aromatic rings. The molecule has 2 heterocycles. The van der Waals surface area contributed by atoms with Crippen LogP contribution in [0, 0.1) is 0 Å². The van der Waals surface area contributed by atoms with Gasteiger partial charge in [0, 0.05) is 19.8 Å². The predicted octanol–water partition coefficient (Wildman–Crippen LogP) is 2.21. The number of carbonyl (C=O) groups excluding carboxylic acids is 2. The van der Waals surface area contributed by atoms with E-state index in [1.54, 1.807) is 23.9 Å². The van der Waals surface area contributed by atoms with E-state index in [0.717, 1.165) is 13.0 Å². The first-order chi connectivity index (χ1) is 11.4. The van der Waals surface area contributed by atoms with Crippen LogP contribution in [0.1, 0.15) is 27.5 Å². The maximum absolute atomic E-state index is 12.2. The molecule has 130 valence electrons. The van der Waals surface area contributed by atoms with Gasteiger partial charge in [-0.2, -0.15) is 0 Å². The topological polar surface area (TPSA) is 79.5 Å². The molecule has 2 N–H and O–H groups in total. The molecule has 0 aliphatic carbocycles. The Morgan fingerprint density at radius 3 is 2.67 bits per heavy atom. The molecule has 2 aromatic heterocycles. The Morgan fingerprint density at radius 1 is 1.29 bits per heavy atom. The van der Waals surface area contributed by atoms with Crippen LogP contribution in [0.5, 0.6) is 0 Å². The van der Waals surface area contributed by atoms with E-state index in [0.29, 0.717) is 17.9 Å². The Balaban J connectivity index is 1.94. The fourth-order valence-electron chi connectivity index (χ4n) is 2.18. The largest absolute Gasteiger partial charge is 0.440 e. The lowest BCUT2D eigenvalue weighted by molar-refractivity contribution is 0.0943. The van der Waals surface area contributed by atoms with Gasteiger partial charge in [-0.15, -0.1) is 0 Å². The Kier molecular flexibility index (Phi) is 6.05. The molecule has 8 heteroatoms. The summed E-state index contributed by atoms with van der Waals surface area (Å²) in [6.45, 7) is 1.50. The highest BCUT2D eigenvalue weighted by Crippen LogP contribution is 2.17. The van der Waals surface area contributed by atoms with Gasteiger partial charge >= 0.3 is 0 Å². The fraction of sp³-hybridized carbons (Fsp3) is 0.375. The maximum Gasteiger partial charge on any atom is 0.291 e. The lowest BCUT2D eigenvalue weighted by Crippen LogP contribution is -2.28. The van der Waals surface area contributed by atoms with E-state index in [1.807, 2.05) is 14.1 Å². The van der Waals surface area contributed by atoms with Crippen LogP contribution in [-0.4, -0.2) is 48.5 Å². The van der Waals surface area contributed by atoms with Crippen molar-refractivity contribution in [2.45, 2.75) is 6.42 Å². The van der Waals surface area contributed by atoms with Crippen molar-refractivity contribution in [1.82, 2.24) is 14.8 Å². The van der Waals surface area contributed by atoms with E-state index in [1.165, 1.54) is 12.1 Å². The molecule has 2 amide bonds. The van der Waals surface area contributed by atoms with Gasteiger partial charge in [-0.3, -0.25) is 9.59 Å². The van der Waals surface area contributed by atoms with Crippen molar-refractivity contribution in [3.63, 3.8) is 0 Å². The third-order valence-electron chi connectivity index (χ3n) is 3.36. The molecule has 0 aliphatic rings. The van der Waals surface area contributed by atoms with E-state index in [9.17, 15) is 9.59 Å². The molecule has 0 aliphatic heterocycles. The van der Waals surface area contributed by atoms with E-state index in [4.69, 9.17) is 16.0 Å². The molecular formula is C16H21ClN4O3. The average Bonchev–Trinajstić information content (AvgIpc) is 3.09. The Hall–Kier alpha value is -2.25. The Bertz CT molecular complexity index is 721. The summed E-state index contributed by atoms with van der Waals surface area (Å²) in [6, 6.07) is 4.59. The van der Waals surface area contributed by atoms with Gasteiger partial charge in [0.05, 0.1) is 5.69 Å². The Morgan fingerprint density at radius 2 is 2.04 bits per heavy atom. The molecular weight excluding hydrogens is 332 g/mol. The van der Waals surface area contributed by atoms with E-state index in [-0.39, 0.29) is 16.9 Å². The summed E-state index contributed by atoms with van der Waals surface area (Å²) in [7, 11) is 5.72. The summed E-state index contributed by atoms with van der Waals surface area (Å²) >= 11 is 5.65. The van der Waals surface area contributed by atoms with Crippen molar-refractivity contribution in [1.29, 1.82) is 0 Å². The summed E-state index contributed by atoms with van der Waals surface area (Å²) in [5.74, 6) is -0.498. The summed E-state index contributed by atoms with van der Waals surface area (Å²) in [4.78, 5) is 26.3. The minimum absolute atomic E-state index is 0.110. The van der Waals surface area contributed by atoms with Gasteiger partial charge in [-0.1, -0.05) is 0 Å². The van der Waals surface area contributed by atoms with Crippen molar-refractivity contribution in [2.75, 3.05) is 32.5 Å². The average molecular weight is 353 g/mol. The monoisotopic (exact) mass is 352 g/mol. The van der Waals surface area contributed by atoms with E-state index >= 15 is 0 Å². The predicted molar refractivity (Wildman–Crippen MR) is 92.6 cm³/mol. The highest BCUT2D eigenvalue weighted by Gasteiger charge is 2.15. The zero-order valence-corrected chi connectivity index (χ0v) is 14.7. The van der Waals surface area contributed by atoms with Crippen LogP contribution in [0.2, 0.25) is 5.22 Å². The molecule has 0 radical (unpaired) electrons. The number of furan rings is 1. The van der Waals surface area contributed by atoms with Gasteiger partial charge in [0.25, 0.3) is 11.8 Å². The first kappa shape index (κ1) is 18.1. The molecule has 0 unspecified atom stereocenters. The lowest BCUT2D eigenvalue weighted by Gasteiger charge is -2.10. The number of rotatable bonds is 7. The number of aryl methyl sites for hydroxylation is 1. The van der Waals surface area contributed by atoms with Gasteiger partial charge in [0.2, 0.25) is 0 Å². The number of hydrogen-bond acceptors (Lipinski definition) is 4. The van der Waals surface area contributed by atoms with Gasteiger partial charge in [-0.25, -0.2) is 0 Å². The van der Waals surface area contributed by atoms with Crippen LogP contribution in [0.4, 0.5) is 5.69 Å². The minimum Gasteiger partial charge on any atom is -0.440 e. The molecule has 0 aromatic carbocycles. The standard InChI is InChI=1S/C16H21ClN4O3/c1-20(2)8-4-7-18-15(22)12-9-11(10-21(12)3)19-16(23)13-5-6-14(17)24-13/h5-6,9-10H,4,7-8H2,1-3H3,(H,18,22)(H,19,23). The number of carbonyl (C=O) groups is 2. The highest BCUT2D eigenvalue weighted by atomic mass is 35.5. The molecule has 0 fully saturated rings. The van der Waals surface area contributed by atoms with Crippen molar-refractivity contribution in [3.8, 4) is 0 Å². The SMILES string of the molecule is CN(C)CCCNC(=O)c1cc(NC(=O)c2ccc(Cl)o2)cn1C. The zero-order valence-electron chi connectivity index (χ0n) is 13.9. The third-order valence-corrected chi connectivity index (χ3v) is 3.56. The van der Waals surface area contributed by atoms with Crippen molar-refractivity contribution < 1.29 is 14.0 Å². The van der Waals surface area contributed by atoms with Crippen molar-refractivity contribution >= 4 is 29.1 Å². The number of nitrogens with zero attached hydrogens (tertiary/aromatic N) is 2. The highest BCUT2D eigenvalue weighted by molar-refractivity contribution is 6.29. The zero-order chi connectivity index (χ0) is 17.7. The minimum atomic E-state index is -0.426. The second-order valence-electron chi connectivity index (χ2n) is 5.70. The number of halogens is 1. The van der Waals surface area contributed by atoms with Crippen molar-refractivity contribution in [2.24, 2.45) is 7.05 Å². The lowest BCUT2D eigenvalue weighted by atomic mass is 10.3. The second-order valence-corrected chi connectivity index (χ2v) is 6.07. The molecule has 7 nitrogen and oxygen atoms in total. The summed E-state index contributed by atoms with van der Waals surface area (Å²) < 4.78 is 6.71. The van der Waals surface area contributed by atoms with Gasteiger partial charge in [-0.05, 0) is 56.9 Å². The number of amides is 2. The summed E-state index contributed by atoms with van der Waals surface area (Å²) in [5.41, 5.74) is 0.973. The molecule has 0 atom stereocenters. The van der Waals surface area contributed by atoms with Gasteiger partial charge < -0.3 is 24.5 Å². The maximum atomic E-state index is 12.2. The molecule has 24 heavy (non-hydrogen) atoms. The summed E-state index contributed by atoms with van der Waals surface area (Å²) in [5, 5.41) is 5.68. The van der Waals surface area contributed by atoms with Crippen LogP contribution in [0.25, 0.3) is 0 Å². The number of aromatic nitrogens is 1. The molecule has 0 saturated heterocycles. The van der Waals surface area contributed by atoms with Crippen LogP contribution in [0.15, 0.2) is 28.8 Å². The third kappa shape index (κ3) is 4.87. The first-order valence-electron chi connectivity index (χ1n) is 7.53. The fourth-order valence-corrected chi connectivity index (χ4v) is 2.32. The molecule has 2 rings (SSSR count). The quantitative estimate of drug-likeness (QED) is 0.749. The molecule has 0 spiro atoms. The smallest absolute Gasteiger partial charge is 0.291 e. The number of nitrogens with one attached hydrogen (secondary N) is 2. The normalized spacial score (nSPS) is 10.9. The van der Waals surface area contributed by atoms with Crippen LogP contribution in [0.3, 0.4) is 0 Å². The molecule has 0 saturated carbocycles. The second kappa shape index (κ2) is 8.03. The number of anilines is 1. The summed E-state index contributed by atoms with van der Waals surface area (Å²) in [6.07, 6.45) is 2.53. The van der Waals surface area contributed by atoms with Crippen LogP contribution in [-0.2, 0) is 7.05 Å². The Labute approximate surface area is 145 Å².